The van der Waals surface area contributed by atoms with Crippen molar-refractivity contribution in [3.05, 3.63) is 17.5 Å². The first-order valence-electron chi connectivity index (χ1n) is 5.37. The largest absolute Gasteiger partial charge is 0.469 e. The molecule has 0 saturated carbocycles. The van der Waals surface area contributed by atoms with Gasteiger partial charge in [-0.25, -0.2) is 0 Å². The van der Waals surface area contributed by atoms with Crippen LogP contribution in [0.4, 0.5) is 0 Å². The number of aryl methyl sites for hydroxylation is 2. The van der Waals surface area contributed by atoms with Crippen molar-refractivity contribution in [2.24, 2.45) is 5.92 Å². The summed E-state index contributed by atoms with van der Waals surface area (Å²) in [5.74, 6) is -0.0750. The van der Waals surface area contributed by atoms with Crippen LogP contribution in [0.3, 0.4) is 0 Å². The van der Waals surface area contributed by atoms with Gasteiger partial charge in [-0.05, 0) is 25.3 Å². The second-order valence-corrected chi connectivity index (χ2v) is 3.90. The number of aromatic nitrogens is 2. The van der Waals surface area contributed by atoms with E-state index >= 15 is 0 Å². The lowest BCUT2D eigenvalue weighted by Crippen LogP contribution is -2.25. The van der Waals surface area contributed by atoms with E-state index in [0.717, 1.165) is 25.8 Å². The van der Waals surface area contributed by atoms with Crippen molar-refractivity contribution >= 4 is 5.97 Å². The highest BCUT2D eigenvalue weighted by molar-refractivity contribution is 5.73. The van der Waals surface area contributed by atoms with Crippen LogP contribution in [0.1, 0.15) is 24.6 Å². The van der Waals surface area contributed by atoms with Gasteiger partial charge in [-0.15, -0.1) is 0 Å². The van der Waals surface area contributed by atoms with E-state index in [1.54, 1.807) is 0 Å². The van der Waals surface area contributed by atoms with Crippen LogP contribution in [-0.4, -0.2) is 22.9 Å². The molecule has 4 heteroatoms. The molecule has 1 aliphatic carbocycles. The zero-order valence-electron chi connectivity index (χ0n) is 9.19. The number of methoxy groups -OCH3 is 1. The molecule has 0 aromatic carbocycles. The Morgan fingerprint density at radius 1 is 1.73 bits per heavy atom. The highest BCUT2D eigenvalue weighted by Gasteiger charge is 2.27. The summed E-state index contributed by atoms with van der Waals surface area (Å²) in [7, 11) is 1.45. The van der Waals surface area contributed by atoms with Crippen LogP contribution in [0.25, 0.3) is 0 Å². The van der Waals surface area contributed by atoms with E-state index in [1.165, 1.54) is 18.4 Å². The van der Waals surface area contributed by atoms with Gasteiger partial charge in [-0.1, -0.05) is 0 Å². The molecule has 15 heavy (non-hydrogen) atoms. The fourth-order valence-electron chi connectivity index (χ4n) is 2.20. The number of ether oxygens (including phenoxy) is 1. The number of hydrogen-bond acceptors (Lipinski definition) is 3. The van der Waals surface area contributed by atoms with Gasteiger partial charge in [0.25, 0.3) is 0 Å². The van der Waals surface area contributed by atoms with E-state index in [1.807, 2.05) is 10.9 Å². The summed E-state index contributed by atoms with van der Waals surface area (Å²) >= 11 is 0. The predicted molar refractivity (Wildman–Crippen MR) is 55.4 cm³/mol. The first kappa shape index (κ1) is 10.2. The lowest BCUT2D eigenvalue weighted by atomic mass is 9.88. The molecule has 1 aromatic heterocycles. The fraction of sp³-hybridized carbons (Fsp3) is 0.636. The number of nitrogens with zero attached hydrogens (tertiary/aromatic N) is 2. The van der Waals surface area contributed by atoms with E-state index in [2.05, 4.69) is 12.0 Å². The highest BCUT2D eigenvalue weighted by atomic mass is 16.5. The molecule has 1 atom stereocenters. The minimum atomic E-state index is -0.0931. The lowest BCUT2D eigenvalue weighted by molar-refractivity contribution is -0.145. The molecule has 0 saturated heterocycles. The molecule has 0 spiro atoms. The standard InChI is InChI=1S/C11H16N2O2/c1-3-13-10-6-8(11(14)15-2)4-5-9(10)7-12-13/h7-8H,3-6H2,1-2H3/t8-/m1/s1. The third-order valence-corrected chi connectivity index (χ3v) is 3.07. The van der Waals surface area contributed by atoms with Crippen molar-refractivity contribution in [2.75, 3.05) is 7.11 Å². The van der Waals surface area contributed by atoms with E-state index in [9.17, 15) is 4.79 Å². The predicted octanol–water partition coefficient (Wildman–Crippen LogP) is 1.18. The van der Waals surface area contributed by atoms with Gasteiger partial charge in [-0.2, -0.15) is 5.10 Å². The van der Waals surface area contributed by atoms with Gasteiger partial charge < -0.3 is 4.74 Å². The van der Waals surface area contributed by atoms with Crippen LogP contribution in [-0.2, 0) is 28.9 Å². The van der Waals surface area contributed by atoms with Crippen molar-refractivity contribution in [2.45, 2.75) is 32.7 Å². The Bertz CT molecular complexity index is 357. The van der Waals surface area contributed by atoms with Gasteiger partial charge in [0.2, 0.25) is 0 Å². The summed E-state index contributed by atoms with van der Waals surface area (Å²) in [4.78, 5) is 11.4. The Morgan fingerprint density at radius 3 is 3.20 bits per heavy atom. The summed E-state index contributed by atoms with van der Waals surface area (Å²) in [5, 5.41) is 4.30. The maximum Gasteiger partial charge on any atom is 0.309 e. The van der Waals surface area contributed by atoms with E-state index < -0.39 is 0 Å². The molecule has 0 aliphatic heterocycles. The summed E-state index contributed by atoms with van der Waals surface area (Å²) in [6.07, 6.45) is 4.52. The highest BCUT2D eigenvalue weighted by Crippen LogP contribution is 2.26. The molecular formula is C11H16N2O2. The first-order chi connectivity index (χ1) is 7.26. The van der Waals surface area contributed by atoms with Gasteiger partial charge in [0.1, 0.15) is 0 Å². The molecule has 1 aromatic rings. The van der Waals surface area contributed by atoms with E-state index in [4.69, 9.17) is 4.74 Å². The van der Waals surface area contributed by atoms with Crippen molar-refractivity contribution < 1.29 is 9.53 Å². The summed E-state index contributed by atoms with van der Waals surface area (Å²) < 4.78 is 6.76. The molecule has 0 fully saturated rings. The molecule has 4 nitrogen and oxygen atoms in total. The zero-order chi connectivity index (χ0) is 10.8. The third kappa shape index (κ3) is 1.76. The number of carbonyl (C=O) groups is 1. The van der Waals surface area contributed by atoms with E-state index in [-0.39, 0.29) is 11.9 Å². The lowest BCUT2D eigenvalue weighted by Gasteiger charge is -2.20. The molecule has 0 amide bonds. The molecule has 82 valence electrons. The number of fused-ring (bicyclic) bond motifs is 1. The summed E-state index contributed by atoms with van der Waals surface area (Å²) in [6, 6.07) is 0. The van der Waals surface area contributed by atoms with Crippen LogP contribution in [0, 0.1) is 5.92 Å². The summed E-state index contributed by atoms with van der Waals surface area (Å²) in [5.41, 5.74) is 2.50. The first-order valence-corrected chi connectivity index (χ1v) is 5.37. The van der Waals surface area contributed by atoms with Crippen LogP contribution in [0.5, 0.6) is 0 Å². The fourth-order valence-corrected chi connectivity index (χ4v) is 2.20. The summed E-state index contributed by atoms with van der Waals surface area (Å²) in [6.45, 7) is 2.93. The maximum atomic E-state index is 11.4. The Labute approximate surface area is 89.2 Å². The van der Waals surface area contributed by atoms with Gasteiger partial charge in [0, 0.05) is 18.7 Å². The second-order valence-electron chi connectivity index (χ2n) is 3.90. The smallest absolute Gasteiger partial charge is 0.309 e. The molecule has 1 heterocycles. The van der Waals surface area contributed by atoms with Gasteiger partial charge in [0.15, 0.2) is 0 Å². The Morgan fingerprint density at radius 2 is 2.53 bits per heavy atom. The van der Waals surface area contributed by atoms with Crippen LogP contribution in [0.2, 0.25) is 0 Å². The number of rotatable bonds is 2. The minimum Gasteiger partial charge on any atom is -0.469 e. The van der Waals surface area contributed by atoms with Crippen LogP contribution < -0.4 is 0 Å². The van der Waals surface area contributed by atoms with E-state index in [0.29, 0.717) is 0 Å². The molecule has 0 radical (unpaired) electrons. The molecular weight excluding hydrogens is 192 g/mol. The minimum absolute atomic E-state index is 0.0181. The quantitative estimate of drug-likeness (QED) is 0.685. The third-order valence-electron chi connectivity index (χ3n) is 3.07. The van der Waals surface area contributed by atoms with Gasteiger partial charge in [0.05, 0.1) is 19.2 Å². The van der Waals surface area contributed by atoms with Crippen molar-refractivity contribution in [3.8, 4) is 0 Å². The molecule has 0 unspecified atom stereocenters. The Hall–Kier alpha value is -1.32. The molecule has 1 aliphatic rings. The average Bonchev–Trinajstić information content (AvgIpc) is 2.69. The second kappa shape index (κ2) is 4.04. The topological polar surface area (TPSA) is 44.1 Å². The van der Waals surface area contributed by atoms with Crippen LogP contribution in [0.15, 0.2) is 6.20 Å². The SMILES string of the molecule is CCn1ncc2c1C[C@H](C(=O)OC)CC2. The number of esters is 1. The zero-order valence-corrected chi connectivity index (χ0v) is 9.19. The monoisotopic (exact) mass is 208 g/mol. The number of hydrogen-bond donors (Lipinski definition) is 0. The van der Waals surface area contributed by atoms with Gasteiger partial charge in [-0.3, -0.25) is 9.48 Å². The Balaban J connectivity index is 2.20. The molecule has 0 bridgehead atoms. The number of carbonyl (C=O) groups excluding carboxylic acids is 1. The van der Waals surface area contributed by atoms with Crippen molar-refractivity contribution in [3.63, 3.8) is 0 Å². The Kier molecular flexibility index (Phi) is 2.75. The molecule has 2 rings (SSSR count). The normalized spacial score (nSPS) is 19.7. The van der Waals surface area contributed by atoms with Crippen molar-refractivity contribution in [1.29, 1.82) is 0 Å². The van der Waals surface area contributed by atoms with Gasteiger partial charge >= 0.3 is 5.97 Å². The van der Waals surface area contributed by atoms with Crippen LogP contribution >= 0.6 is 0 Å². The average molecular weight is 208 g/mol. The van der Waals surface area contributed by atoms with Crippen molar-refractivity contribution in [1.82, 2.24) is 9.78 Å². The maximum absolute atomic E-state index is 11.4. The molecule has 0 N–H and O–H groups in total.